The largest absolute Gasteiger partial charge is 0.481 e. The van der Waals surface area contributed by atoms with Gasteiger partial charge >= 0.3 is 5.97 Å². The summed E-state index contributed by atoms with van der Waals surface area (Å²) in [6.45, 7) is 0. The number of carboxylic acid groups (broad SMARTS) is 1. The number of aliphatic carboxylic acids is 1. The van der Waals surface area contributed by atoms with Crippen molar-refractivity contribution >= 4 is 17.6 Å². The zero-order chi connectivity index (χ0) is 15.2. The highest BCUT2D eigenvalue weighted by Crippen LogP contribution is 2.17. The predicted octanol–water partition coefficient (Wildman–Crippen LogP) is 1.64. The van der Waals surface area contributed by atoms with Gasteiger partial charge in [-0.3, -0.25) is 14.4 Å². The molecule has 0 saturated heterocycles. The molecule has 21 heavy (non-hydrogen) atoms. The monoisotopic (exact) mass is 286 g/mol. The highest BCUT2D eigenvalue weighted by Gasteiger charge is 2.10. The lowest BCUT2D eigenvalue weighted by Gasteiger charge is -2.10. The van der Waals surface area contributed by atoms with Crippen LogP contribution in [0.25, 0.3) is 0 Å². The predicted molar refractivity (Wildman–Crippen MR) is 77.4 cm³/mol. The van der Waals surface area contributed by atoms with E-state index in [0.717, 1.165) is 5.56 Å². The Morgan fingerprint density at radius 3 is 2.57 bits per heavy atom. The molecule has 0 aliphatic carbocycles. The number of benzene rings is 1. The Morgan fingerprint density at radius 2 is 1.90 bits per heavy atom. The molecule has 1 aromatic heterocycles. The normalized spacial score (nSPS) is 10.1. The van der Waals surface area contributed by atoms with Crippen molar-refractivity contribution in [2.24, 2.45) is 0 Å². The van der Waals surface area contributed by atoms with E-state index < -0.39 is 5.97 Å². The molecule has 1 heterocycles. The molecule has 0 aliphatic heterocycles. The number of carbonyl (C=O) groups is 2. The third-order valence-corrected chi connectivity index (χ3v) is 2.92. The average Bonchev–Trinajstić information content (AvgIpc) is 2.47. The Hall–Kier alpha value is -2.89. The van der Waals surface area contributed by atoms with Crippen LogP contribution in [0.4, 0.5) is 5.69 Å². The second-order valence-electron chi connectivity index (χ2n) is 4.45. The molecular formula is C15H14N2O4. The molecule has 0 saturated carbocycles. The first-order chi connectivity index (χ1) is 10.1. The molecule has 0 radical (unpaired) electrons. The molecular weight excluding hydrogens is 272 g/mol. The number of amides is 1. The lowest BCUT2D eigenvalue weighted by molar-refractivity contribution is -0.136. The van der Waals surface area contributed by atoms with Gasteiger partial charge < -0.3 is 15.4 Å². The van der Waals surface area contributed by atoms with Crippen LogP contribution in [-0.4, -0.2) is 22.0 Å². The minimum absolute atomic E-state index is 0.00839. The molecule has 0 fully saturated rings. The van der Waals surface area contributed by atoms with Crippen molar-refractivity contribution in [1.29, 1.82) is 0 Å². The first kappa shape index (κ1) is 14.5. The molecule has 0 atom stereocenters. The molecule has 1 aromatic carbocycles. The van der Waals surface area contributed by atoms with Gasteiger partial charge in [-0.05, 0) is 24.1 Å². The molecule has 3 N–H and O–H groups in total. The molecule has 2 rings (SSSR count). The number of rotatable bonds is 5. The summed E-state index contributed by atoms with van der Waals surface area (Å²) in [6.07, 6.45) is 1.65. The number of nitrogens with one attached hydrogen (secondary N) is 2. The summed E-state index contributed by atoms with van der Waals surface area (Å²) >= 11 is 0. The number of hydrogen-bond acceptors (Lipinski definition) is 3. The average molecular weight is 286 g/mol. The van der Waals surface area contributed by atoms with Crippen LogP contribution in [0.1, 0.15) is 22.3 Å². The van der Waals surface area contributed by atoms with Crippen LogP contribution in [0.2, 0.25) is 0 Å². The van der Waals surface area contributed by atoms with Crippen molar-refractivity contribution in [3.8, 4) is 0 Å². The van der Waals surface area contributed by atoms with E-state index in [1.54, 1.807) is 24.3 Å². The summed E-state index contributed by atoms with van der Waals surface area (Å²) in [5, 5.41) is 11.4. The van der Waals surface area contributed by atoms with Gasteiger partial charge in [0.05, 0.1) is 5.56 Å². The maximum absolute atomic E-state index is 12.1. The third-order valence-electron chi connectivity index (χ3n) is 2.92. The highest BCUT2D eigenvalue weighted by atomic mass is 16.4. The highest BCUT2D eigenvalue weighted by molar-refractivity contribution is 6.04. The number of aromatic amines is 1. The number of carbonyl (C=O) groups excluding carboxylic acids is 1. The fourth-order valence-electron chi connectivity index (χ4n) is 1.85. The van der Waals surface area contributed by atoms with Crippen LogP contribution in [-0.2, 0) is 11.2 Å². The van der Waals surface area contributed by atoms with Crippen molar-refractivity contribution in [2.45, 2.75) is 12.8 Å². The van der Waals surface area contributed by atoms with Crippen molar-refractivity contribution in [2.75, 3.05) is 5.32 Å². The van der Waals surface area contributed by atoms with E-state index in [2.05, 4.69) is 10.3 Å². The van der Waals surface area contributed by atoms with Crippen molar-refractivity contribution in [3.63, 3.8) is 0 Å². The number of aryl methyl sites for hydroxylation is 1. The van der Waals surface area contributed by atoms with E-state index >= 15 is 0 Å². The SMILES string of the molecule is O=C(O)CCc1ccccc1NC(=O)c1ccc(=O)[nH]c1. The molecule has 6 nitrogen and oxygen atoms in total. The fraction of sp³-hybridized carbons (Fsp3) is 0.133. The zero-order valence-corrected chi connectivity index (χ0v) is 11.1. The Morgan fingerprint density at radius 1 is 1.14 bits per heavy atom. The van der Waals surface area contributed by atoms with Gasteiger partial charge in [0.15, 0.2) is 0 Å². The van der Waals surface area contributed by atoms with E-state index in [0.29, 0.717) is 17.7 Å². The standard InChI is InChI=1S/C15H14N2O4/c18-13-7-5-11(9-16-13)15(21)17-12-4-2-1-3-10(12)6-8-14(19)20/h1-5,7,9H,6,8H2,(H,16,18)(H,17,21)(H,19,20). The first-order valence-electron chi connectivity index (χ1n) is 6.36. The molecule has 2 aromatic rings. The number of H-pyrrole nitrogens is 1. The van der Waals surface area contributed by atoms with Gasteiger partial charge in [-0.15, -0.1) is 0 Å². The van der Waals surface area contributed by atoms with Gasteiger partial charge in [0, 0.05) is 24.4 Å². The molecule has 108 valence electrons. The number of pyridine rings is 1. The molecule has 0 unspecified atom stereocenters. The topological polar surface area (TPSA) is 99.3 Å². The van der Waals surface area contributed by atoms with Crippen LogP contribution in [0.3, 0.4) is 0 Å². The van der Waals surface area contributed by atoms with Gasteiger partial charge in [0.1, 0.15) is 0 Å². The summed E-state index contributed by atoms with van der Waals surface area (Å²) in [4.78, 5) is 36.1. The van der Waals surface area contributed by atoms with Crippen molar-refractivity contribution in [3.05, 3.63) is 64.1 Å². The van der Waals surface area contributed by atoms with Gasteiger partial charge in [-0.1, -0.05) is 18.2 Å². The van der Waals surface area contributed by atoms with E-state index in [1.807, 2.05) is 0 Å². The molecule has 6 heteroatoms. The maximum atomic E-state index is 12.1. The van der Waals surface area contributed by atoms with Gasteiger partial charge in [-0.25, -0.2) is 0 Å². The second kappa shape index (κ2) is 6.51. The van der Waals surface area contributed by atoms with Crippen LogP contribution in [0.15, 0.2) is 47.4 Å². The summed E-state index contributed by atoms with van der Waals surface area (Å²) in [7, 11) is 0. The summed E-state index contributed by atoms with van der Waals surface area (Å²) < 4.78 is 0. The Kier molecular flexibility index (Phi) is 4.50. The van der Waals surface area contributed by atoms with Crippen LogP contribution in [0.5, 0.6) is 0 Å². The number of carboxylic acids is 1. The summed E-state index contributed by atoms with van der Waals surface area (Å²) in [5.74, 6) is -1.26. The van der Waals surface area contributed by atoms with Gasteiger partial charge in [0.25, 0.3) is 5.91 Å². The summed E-state index contributed by atoms with van der Waals surface area (Å²) in [5.41, 5.74) is 1.35. The third kappa shape index (κ3) is 4.04. The van der Waals surface area contributed by atoms with Gasteiger partial charge in [0.2, 0.25) is 5.56 Å². The molecule has 1 amide bonds. The lowest BCUT2D eigenvalue weighted by Crippen LogP contribution is -2.15. The van der Waals surface area contributed by atoms with E-state index in [9.17, 15) is 14.4 Å². The van der Waals surface area contributed by atoms with E-state index in [1.165, 1.54) is 18.3 Å². The van der Waals surface area contributed by atoms with Gasteiger partial charge in [-0.2, -0.15) is 0 Å². The number of aromatic nitrogens is 1. The Balaban J connectivity index is 2.15. The number of hydrogen-bond donors (Lipinski definition) is 3. The van der Waals surface area contributed by atoms with Crippen LogP contribution in [0, 0.1) is 0 Å². The minimum Gasteiger partial charge on any atom is -0.481 e. The number of para-hydroxylation sites is 1. The molecule has 0 spiro atoms. The summed E-state index contributed by atoms with van der Waals surface area (Å²) in [6, 6.07) is 9.71. The van der Waals surface area contributed by atoms with Crippen LogP contribution >= 0.6 is 0 Å². The molecule has 0 aliphatic rings. The zero-order valence-electron chi connectivity index (χ0n) is 11.1. The maximum Gasteiger partial charge on any atom is 0.303 e. The Bertz CT molecular complexity index is 701. The second-order valence-corrected chi connectivity index (χ2v) is 4.45. The van der Waals surface area contributed by atoms with E-state index in [4.69, 9.17) is 5.11 Å². The lowest BCUT2D eigenvalue weighted by atomic mass is 10.1. The first-order valence-corrected chi connectivity index (χ1v) is 6.36. The van der Waals surface area contributed by atoms with Crippen LogP contribution < -0.4 is 10.9 Å². The van der Waals surface area contributed by atoms with Crippen molar-refractivity contribution in [1.82, 2.24) is 4.98 Å². The minimum atomic E-state index is -0.892. The van der Waals surface area contributed by atoms with Crippen molar-refractivity contribution < 1.29 is 14.7 Å². The quantitative estimate of drug-likeness (QED) is 0.778. The Labute approximate surface area is 120 Å². The fourth-order valence-corrected chi connectivity index (χ4v) is 1.85. The van der Waals surface area contributed by atoms with E-state index in [-0.39, 0.29) is 17.9 Å². The number of anilines is 1. The molecule has 0 bridgehead atoms. The smallest absolute Gasteiger partial charge is 0.303 e.